The number of tetrazole rings is 1. The predicted molar refractivity (Wildman–Crippen MR) is 91.5 cm³/mol. The highest BCUT2D eigenvalue weighted by molar-refractivity contribution is 9.10. The smallest absolute Gasteiger partial charge is 0.266 e. The number of amides is 1. The molecule has 1 amide bonds. The fourth-order valence-corrected chi connectivity index (χ4v) is 3.51. The van der Waals surface area contributed by atoms with Crippen molar-refractivity contribution in [2.75, 3.05) is 6.54 Å². The molecule has 0 aliphatic heterocycles. The van der Waals surface area contributed by atoms with Crippen LogP contribution in [-0.2, 0) is 6.54 Å². The van der Waals surface area contributed by atoms with Gasteiger partial charge in [0.1, 0.15) is 17.0 Å². The van der Waals surface area contributed by atoms with E-state index in [9.17, 15) is 9.18 Å². The summed E-state index contributed by atoms with van der Waals surface area (Å²) in [5.74, 6) is -0.520. The second-order valence-electron chi connectivity index (χ2n) is 4.94. The lowest BCUT2D eigenvalue weighted by atomic mass is 10.2. The first kappa shape index (κ1) is 16.7. The van der Waals surface area contributed by atoms with Crippen molar-refractivity contribution in [3.8, 4) is 5.69 Å². The van der Waals surface area contributed by atoms with Crippen molar-refractivity contribution in [2.24, 2.45) is 0 Å². The number of aromatic nitrogens is 4. The van der Waals surface area contributed by atoms with Gasteiger partial charge in [-0.25, -0.2) is 4.39 Å². The van der Waals surface area contributed by atoms with Gasteiger partial charge in [0.15, 0.2) is 0 Å². The second-order valence-corrected chi connectivity index (χ2v) is 6.78. The Hall–Kier alpha value is -2.13. The van der Waals surface area contributed by atoms with E-state index in [1.165, 1.54) is 28.4 Å². The van der Waals surface area contributed by atoms with Gasteiger partial charge in [-0.05, 0) is 47.0 Å². The van der Waals surface area contributed by atoms with Gasteiger partial charge in [-0.15, -0.1) is 16.4 Å². The van der Waals surface area contributed by atoms with Crippen LogP contribution in [-0.4, -0.2) is 37.6 Å². The number of carbonyl (C=O) groups is 1. The first-order valence-corrected chi connectivity index (χ1v) is 8.81. The lowest BCUT2D eigenvalue weighted by Crippen LogP contribution is -2.30. The van der Waals surface area contributed by atoms with Gasteiger partial charge in [0, 0.05) is 23.1 Å². The van der Waals surface area contributed by atoms with Crippen molar-refractivity contribution in [3.63, 3.8) is 0 Å². The van der Waals surface area contributed by atoms with Crippen LogP contribution in [0.2, 0.25) is 0 Å². The van der Waals surface area contributed by atoms with Crippen LogP contribution in [0.3, 0.4) is 0 Å². The zero-order valence-corrected chi connectivity index (χ0v) is 15.1. The van der Waals surface area contributed by atoms with E-state index in [1.54, 1.807) is 28.5 Å². The maximum atomic E-state index is 14.0. The highest BCUT2D eigenvalue weighted by atomic mass is 79.9. The van der Waals surface area contributed by atoms with Crippen molar-refractivity contribution >= 4 is 33.2 Å². The van der Waals surface area contributed by atoms with Crippen molar-refractivity contribution in [1.29, 1.82) is 0 Å². The summed E-state index contributed by atoms with van der Waals surface area (Å²) in [5, 5.41) is 12.8. The zero-order chi connectivity index (χ0) is 17.1. The molecule has 0 bridgehead atoms. The minimum atomic E-state index is -0.337. The van der Waals surface area contributed by atoms with Crippen molar-refractivity contribution < 1.29 is 9.18 Å². The standard InChI is InChI=1S/C15H13BrFN5OS/c1-2-21(8-10-7-11(16)3-4-12(10)17)15(23)14-13(5-6-24-14)22-9-18-19-20-22/h3-7,9H,2,8H2,1H3. The molecule has 24 heavy (non-hydrogen) atoms. The zero-order valence-electron chi connectivity index (χ0n) is 12.7. The third-order valence-corrected chi connectivity index (χ3v) is 4.86. The number of thiophene rings is 1. The molecule has 0 radical (unpaired) electrons. The summed E-state index contributed by atoms with van der Waals surface area (Å²) in [4.78, 5) is 15.0. The molecule has 2 aromatic heterocycles. The monoisotopic (exact) mass is 409 g/mol. The van der Waals surface area contributed by atoms with Crippen LogP contribution in [0.4, 0.5) is 4.39 Å². The van der Waals surface area contributed by atoms with Crippen LogP contribution in [0.15, 0.2) is 40.4 Å². The number of halogens is 2. The Bertz CT molecular complexity index is 851. The maximum Gasteiger partial charge on any atom is 0.266 e. The molecule has 0 aliphatic rings. The Morgan fingerprint density at radius 2 is 2.25 bits per heavy atom. The molecular formula is C15H13BrFN5OS. The molecule has 0 fully saturated rings. The van der Waals surface area contributed by atoms with Gasteiger partial charge in [-0.3, -0.25) is 4.79 Å². The Labute approximate surface area is 150 Å². The molecule has 9 heteroatoms. The lowest BCUT2D eigenvalue weighted by Gasteiger charge is -2.21. The average Bonchev–Trinajstić information content (AvgIpc) is 3.25. The number of hydrogen-bond acceptors (Lipinski definition) is 5. The minimum Gasteiger partial charge on any atom is -0.334 e. The Morgan fingerprint density at radius 3 is 2.96 bits per heavy atom. The van der Waals surface area contributed by atoms with E-state index in [0.717, 1.165) is 4.47 Å². The minimum absolute atomic E-state index is 0.183. The van der Waals surface area contributed by atoms with Gasteiger partial charge in [0.25, 0.3) is 5.91 Å². The topological polar surface area (TPSA) is 63.9 Å². The van der Waals surface area contributed by atoms with Gasteiger partial charge in [0.05, 0.1) is 5.69 Å². The molecule has 0 saturated heterocycles. The van der Waals surface area contributed by atoms with Gasteiger partial charge in [-0.1, -0.05) is 15.9 Å². The quantitative estimate of drug-likeness (QED) is 0.648. The molecule has 124 valence electrons. The van der Waals surface area contributed by atoms with E-state index in [1.807, 2.05) is 6.92 Å². The van der Waals surface area contributed by atoms with Crippen molar-refractivity contribution in [3.05, 3.63) is 56.7 Å². The molecule has 3 rings (SSSR count). The summed E-state index contributed by atoms with van der Waals surface area (Å²) in [6, 6.07) is 6.48. The van der Waals surface area contributed by atoms with Crippen LogP contribution in [0.5, 0.6) is 0 Å². The number of carbonyl (C=O) groups excluding carboxylic acids is 1. The summed E-state index contributed by atoms with van der Waals surface area (Å²) < 4.78 is 16.2. The fourth-order valence-electron chi connectivity index (χ4n) is 2.26. The van der Waals surface area contributed by atoms with Gasteiger partial charge >= 0.3 is 0 Å². The molecule has 0 atom stereocenters. The Balaban J connectivity index is 1.88. The molecule has 6 nitrogen and oxygen atoms in total. The van der Waals surface area contributed by atoms with Crippen LogP contribution >= 0.6 is 27.3 Å². The molecule has 2 heterocycles. The largest absolute Gasteiger partial charge is 0.334 e. The van der Waals surface area contributed by atoms with Crippen LogP contribution in [0, 0.1) is 5.82 Å². The number of hydrogen-bond donors (Lipinski definition) is 0. The number of nitrogens with zero attached hydrogens (tertiary/aromatic N) is 5. The predicted octanol–water partition coefficient (Wildman–Crippen LogP) is 3.29. The second kappa shape index (κ2) is 7.18. The highest BCUT2D eigenvalue weighted by Crippen LogP contribution is 2.24. The van der Waals surface area contributed by atoms with Gasteiger partial charge in [-0.2, -0.15) is 4.68 Å². The van der Waals surface area contributed by atoms with E-state index in [2.05, 4.69) is 31.5 Å². The first-order valence-electron chi connectivity index (χ1n) is 7.14. The maximum absolute atomic E-state index is 14.0. The van der Waals surface area contributed by atoms with Crippen LogP contribution in [0.1, 0.15) is 22.2 Å². The third-order valence-electron chi connectivity index (χ3n) is 3.47. The lowest BCUT2D eigenvalue weighted by molar-refractivity contribution is 0.0756. The molecule has 0 spiro atoms. The summed E-state index contributed by atoms with van der Waals surface area (Å²) in [5.41, 5.74) is 1.07. The fraction of sp³-hybridized carbons (Fsp3) is 0.200. The number of benzene rings is 1. The van der Waals surface area contributed by atoms with E-state index in [-0.39, 0.29) is 18.3 Å². The molecule has 0 aliphatic carbocycles. The molecule has 1 aromatic carbocycles. The van der Waals surface area contributed by atoms with E-state index in [4.69, 9.17) is 0 Å². The average molecular weight is 410 g/mol. The van der Waals surface area contributed by atoms with E-state index >= 15 is 0 Å². The van der Waals surface area contributed by atoms with Gasteiger partial charge < -0.3 is 4.90 Å². The van der Waals surface area contributed by atoms with E-state index < -0.39 is 0 Å². The summed E-state index contributed by atoms with van der Waals surface area (Å²) in [6.45, 7) is 2.50. The Morgan fingerprint density at radius 1 is 1.42 bits per heavy atom. The summed E-state index contributed by atoms with van der Waals surface area (Å²) >= 11 is 4.64. The summed E-state index contributed by atoms with van der Waals surface area (Å²) in [7, 11) is 0. The van der Waals surface area contributed by atoms with Crippen LogP contribution in [0.25, 0.3) is 5.69 Å². The molecule has 0 saturated carbocycles. The van der Waals surface area contributed by atoms with Crippen molar-refractivity contribution in [1.82, 2.24) is 25.1 Å². The van der Waals surface area contributed by atoms with Gasteiger partial charge in [0.2, 0.25) is 0 Å². The normalized spacial score (nSPS) is 10.8. The molecular weight excluding hydrogens is 397 g/mol. The van der Waals surface area contributed by atoms with E-state index in [0.29, 0.717) is 22.7 Å². The summed E-state index contributed by atoms with van der Waals surface area (Å²) in [6.07, 6.45) is 1.43. The SMILES string of the molecule is CCN(Cc1cc(Br)ccc1F)C(=O)c1sccc1-n1cnnn1. The van der Waals surface area contributed by atoms with Crippen molar-refractivity contribution in [2.45, 2.75) is 13.5 Å². The molecule has 0 N–H and O–H groups in total. The highest BCUT2D eigenvalue weighted by Gasteiger charge is 2.22. The molecule has 3 aromatic rings. The third kappa shape index (κ3) is 3.36. The first-order chi connectivity index (χ1) is 11.6. The Kier molecular flexibility index (Phi) is 5.00. The van der Waals surface area contributed by atoms with Crippen LogP contribution < -0.4 is 0 Å². The number of rotatable bonds is 5. The molecule has 0 unspecified atom stereocenters.